The SMILES string of the molecule is Nc1ccccc1OCCCN1CCC(OC(c2ccccc2)c2ccccc2)CC1. The second-order valence-electron chi connectivity index (χ2n) is 8.12. The predicted octanol–water partition coefficient (Wildman–Crippen LogP) is 5.31. The Balaban J connectivity index is 1.24. The van der Waals surface area contributed by atoms with Crippen molar-refractivity contribution in [2.24, 2.45) is 0 Å². The van der Waals surface area contributed by atoms with Gasteiger partial charge in [0.15, 0.2) is 0 Å². The zero-order valence-corrected chi connectivity index (χ0v) is 18.0. The highest BCUT2D eigenvalue weighted by Crippen LogP contribution is 2.30. The Labute approximate surface area is 185 Å². The maximum absolute atomic E-state index is 6.64. The Morgan fingerprint density at radius 2 is 1.39 bits per heavy atom. The lowest BCUT2D eigenvalue weighted by molar-refractivity contribution is -0.0273. The molecule has 0 unspecified atom stereocenters. The Hall–Kier alpha value is -2.82. The normalized spacial score (nSPS) is 15.3. The fourth-order valence-corrected chi connectivity index (χ4v) is 4.15. The van der Waals surface area contributed by atoms with Gasteiger partial charge in [0.2, 0.25) is 0 Å². The summed E-state index contributed by atoms with van der Waals surface area (Å²) in [6.45, 7) is 3.86. The van der Waals surface area contributed by atoms with Gasteiger partial charge in [-0.05, 0) is 42.5 Å². The van der Waals surface area contributed by atoms with E-state index in [-0.39, 0.29) is 12.2 Å². The van der Waals surface area contributed by atoms with Gasteiger partial charge in [-0.3, -0.25) is 0 Å². The van der Waals surface area contributed by atoms with Crippen LogP contribution in [0.2, 0.25) is 0 Å². The molecule has 0 radical (unpaired) electrons. The van der Waals surface area contributed by atoms with Crippen molar-refractivity contribution in [1.82, 2.24) is 4.90 Å². The Kier molecular flexibility index (Phi) is 7.59. The summed E-state index contributed by atoms with van der Waals surface area (Å²) in [5.41, 5.74) is 9.07. The lowest BCUT2D eigenvalue weighted by atomic mass is 10.00. The maximum atomic E-state index is 6.64. The summed E-state index contributed by atoms with van der Waals surface area (Å²) < 4.78 is 12.5. The van der Waals surface area contributed by atoms with Crippen LogP contribution < -0.4 is 10.5 Å². The van der Waals surface area contributed by atoms with E-state index in [1.54, 1.807) is 0 Å². The molecule has 0 aromatic heterocycles. The van der Waals surface area contributed by atoms with E-state index in [9.17, 15) is 0 Å². The lowest BCUT2D eigenvalue weighted by Gasteiger charge is -2.34. The summed E-state index contributed by atoms with van der Waals surface area (Å²) in [6.07, 6.45) is 3.38. The number of para-hydroxylation sites is 2. The first-order valence-electron chi connectivity index (χ1n) is 11.2. The van der Waals surface area contributed by atoms with Gasteiger partial charge in [-0.2, -0.15) is 0 Å². The molecular weight excluding hydrogens is 384 g/mol. The molecule has 0 atom stereocenters. The standard InChI is InChI=1S/C27H32N2O2/c28-25-14-7-8-15-26(25)30-21-9-18-29-19-16-24(17-20-29)31-27(22-10-3-1-4-11-22)23-12-5-2-6-13-23/h1-8,10-15,24,27H,9,16-21,28H2. The van der Waals surface area contributed by atoms with Crippen molar-refractivity contribution in [2.45, 2.75) is 31.5 Å². The molecule has 162 valence electrons. The van der Waals surface area contributed by atoms with Gasteiger partial charge in [-0.15, -0.1) is 0 Å². The number of hydrogen-bond acceptors (Lipinski definition) is 4. The number of nitrogens with zero attached hydrogens (tertiary/aromatic N) is 1. The third kappa shape index (κ3) is 6.09. The molecule has 4 rings (SSSR count). The van der Waals surface area contributed by atoms with Crippen molar-refractivity contribution < 1.29 is 9.47 Å². The van der Waals surface area contributed by atoms with Gasteiger partial charge in [0.25, 0.3) is 0 Å². The molecule has 4 heteroatoms. The monoisotopic (exact) mass is 416 g/mol. The average molecular weight is 417 g/mol. The molecule has 2 N–H and O–H groups in total. The van der Waals surface area contributed by atoms with Crippen molar-refractivity contribution in [1.29, 1.82) is 0 Å². The second-order valence-corrected chi connectivity index (χ2v) is 8.12. The van der Waals surface area contributed by atoms with E-state index in [0.29, 0.717) is 12.3 Å². The number of benzene rings is 3. The van der Waals surface area contributed by atoms with Crippen LogP contribution in [0, 0.1) is 0 Å². The lowest BCUT2D eigenvalue weighted by Crippen LogP contribution is -2.38. The van der Waals surface area contributed by atoms with E-state index in [4.69, 9.17) is 15.2 Å². The first-order chi connectivity index (χ1) is 15.3. The van der Waals surface area contributed by atoms with E-state index in [2.05, 4.69) is 65.6 Å². The van der Waals surface area contributed by atoms with Gasteiger partial charge in [-0.1, -0.05) is 72.8 Å². The minimum absolute atomic E-state index is 0.0105. The Bertz CT molecular complexity index is 869. The smallest absolute Gasteiger partial charge is 0.142 e. The van der Waals surface area contributed by atoms with Crippen LogP contribution in [0.15, 0.2) is 84.9 Å². The summed E-state index contributed by atoms with van der Waals surface area (Å²) in [5, 5.41) is 0. The summed E-state index contributed by atoms with van der Waals surface area (Å²) >= 11 is 0. The summed E-state index contributed by atoms with van der Waals surface area (Å²) in [5.74, 6) is 0.780. The third-order valence-electron chi connectivity index (χ3n) is 5.86. The minimum Gasteiger partial charge on any atom is -0.491 e. The minimum atomic E-state index is -0.0105. The van der Waals surface area contributed by atoms with Crippen LogP contribution >= 0.6 is 0 Å². The number of rotatable bonds is 9. The topological polar surface area (TPSA) is 47.7 Å². The van der Waals surface area contributed by atoms with E-state index in [1.165, 1.54) is 11.1 Å². The molecule has 1 aliphatic rings. The number of nitrogens with two attached hydrogens (primary N) is 1. The average Bonchev–Trinajstić information content (AvgIpc) is 2.83. The van der Waals surface area contributed by atoms with Gasteiger partial charge in [-0.25, -0.2) is 0 Å². The van der Waals surface area contributed by atoms with Gasteiger partial charge in [0.1, 0.15) is 11.9 Å². The van der Waals surface area contributed by atoms with Crippen molar-refractivity contribution in [3.63, 3.8) is 0 Å². The molecule has 0 spiro atoms. The van der Waals surface area contributed by atoms with Crippen LogP contribution in [-0.2, 0) is 4.74 Å². The Morgan fingerprint density at radius 3 is 2.00 bits per heavy atom. The van der Waals surface area contributed by atoms with E-state index in [1.807, 2.05) is 24.3 Å². The number of anilines is 1. The van der Waals surface area contributed by atoms with Crippen LogP contribution in [0.4, 0.5) is 5.69 Å². The van der Waals surface area contributed by atoms with Gasteiger partial charge >= 0.3 is 0 Å². The summed E-state index contributed by atoms with van der Waals surface area (Å²) in [7, 11) is 0. The van der Waals surface area contributed by atoms with Crippen molar-refractivity contribution in [3.8, 4) is 5.75 Å². The van der Waals surface area contributed by atoms with Gasteiger partial charge in [0.05, 0.1) is 18.4 Å². The van der Waals surface area contributed by atoms with E-state index >= 15 is 0 Å². The fraction of sp³-hybridized carbons (Fsp3) is 0.333. The Morgan fingerprint density at radius 1 is 0.806 bits per heavy atom. The number of hydrogen-bond donors (Lipinski definition) is 1. The molecule has 3 aromatic carbocycles. The molecule has 31 heavy (non-hydrogen) atoms. The fourth-order valence-electron chi connectivity index (χ4n) is 4.15. The molecule has 1 aliphatic heterocycles. The highest BCUT2D eigenvalue weighted by molar-refractivity contribution is 5.51. The van der Waals surface area contributed by atoms with Crippen molar-refractivity contribution in [2.75, 3.05) is 32.0 Å². The zero-order chi connectivity index (χ0) is 21.3. The molecule has 0 aliphatic carbocycles. The zero-order valence-electron chi connectivity index (χ0n) is 18.0. The first kappa shape index (κ1) is 21.4. The van der Waals surface area contributed by atoms with Crippen molar-refractivity contribution in [3.05, 3.63) is 96.1 Å². The molecule has 1 heterocycles. The highest BCUT2D eigenvalue weighted by atomic mass is 16.5. The van der Waals surface area contributed by atoms with Gasteiger partial charge in [0, 0.05) is 19.6 Å². The van der Waals surface area contributed by atoms with Crippen LogP contribution in [0.25, 0.3) is 0 Å². The predicted molar refractivity (Wildman–Crippen MR) is 126 cm³/mol. The highest BCUT2D eigenvalue weighted by Gasteiger charge is 2.24. The van der Waals surface area contributed by atoms with Crippen LogP contribution in [0.1, 0.15) is 36.5 Å². The molecule has 4 nitrogen and oxygen atoms in total. The van der Waals surface area contributed by atoms with Crippen LogP contribution in [-0.4, -0.2) is 37.2 Å². The molecule has 0 bridgehead atoms. The van der Waals surface area contributed by atoms with Crippen LogP contribution in [0.3, 0.4) is 0 Å². The number of piperidine rings is 1. The van der Waals surface area contributed by atoms with E-state index in [0.717, 1.165) is 44.6 Å². The first-order valence-corrected chi connectivity index (χ1v) is 11.2. The molecular formula is C27H32N2O2. The largest absolute Gasteiger partial charge is 0.491 e. The van der Waals surface area contributed by atoms with Crippen molar-refractivity contribution >= 4 is 5.69 Å². The summed E-state index contributed by atoms with van der Waals surface area (Å²) in [6, 6.07) is 28.8. The molecule has 1 saturated heterocycles. The van der Waals surface area contributed by atoms with E-state index < -0.39 is 0 Å². The number of nitrogen functional groups attached to an aromatic ring is 1. The maximum Gasteiger partial charge on any atom is 0.142 e. The number of ether oxygens (including phenoxy) is 2. The molecule has 3 aromatic rings. The second kappa shape index (κ2) is 11.0. The third-order valence-corrected chi connectivity index (χ3v) is 5.86. The molecule has 0 amide bonds. The molecule has 1 fully saturated rings. The summed E-state index contributed by atoms with van der Waals surface area (Å²) in [4.78, 5) is 2.51. The van der Waals surface area contributed by atoms with Gasteiger partial charge < -0.3 is 20.1 Å². The number of likely N-dealkylation sites (tertiary alicyclic amines) is 1. The van der Waals surface area contributed by atoms with Crippen LogP contribution in [0.5, 0.6) is 5.75 Å². The quantitative estimate of drug-likeness (QED) is 0.379. The molecule has 0 saturated carbocycles.